The third-order valence-electron chi connectivity index (χ3n) is 2.55. The van der Waals surface area contributed by atoms with Crippen LogP contribution in [-0.2, 0) is 0 Å². The molecule has 0 aromatic heterocycles. The molecular formula is C8H13N. The lowest BCUT2D eigenvalue weighted by atomic mass is 10.1. The zero-order valence-electron chi connectivity index (χ0n) is 5.77. The first-order valence-corrected chi connectivity index (χ1v) is 3.82. The number of nitrogens with zero attached hydrogens (tertiary/aromatic N) is 1. The molecule has 2 aliphatic heterocycles. The van der Waals surface area contributed by atoms with E-state index in [9.17, 15) is 0 Å². The summed E-state index contributed by atoms with van der Waals surface area (Å²) >= 11 is 0. The molecule has 9 heavy (non-hydrogen) atoms. The summed E-state index contributed by atoms with van der Waals surface area (Å²) in [5, 5.41) is 0. The molecule has 0 aromatic rings. The minimum absolute atomic E-state index is 0.887. The Bertz CT molecular complexity index is 140. The summed E-state index contributed by atoms with van der Waals surface area (Å²) in [7, 11) is 0. The van der Waals surface area contributed by atoms with Gasteiger partial charge in [0, 0.05) is 18.3 Å². The van der Waals surface area contributed by atoms with E-state index in [1.165, 1.54) is 37.9 Å². The molecule has 0 N–H and O–H groups in total. The van der Waals surface area contributed by atoms with Crippen LogP contribution in [0.2, 0.25) is 0 Å². The van der Waals surface area contributed by atoms with Crippen molar-refractivity contribution in [2.75, 3.05) is 6.54 Å². The van der Waals surface area contributed by atoms with Gasteiger partial charge in [0.1, 0.15) is 0 Å². The Hall–Kier alpha value is -0.460. The predicted octanol–water partition coefficient (Wildman–Crippen LogP) is 1.76. The highest BCUT2D eigenvalue weighted by molar-refractivity contribution is 5.06. The second-order valence-electron chi connectivity index (χ2n) is 3.09. The molecule has 2 fully saturated rings. The van der Waals surface area contributed by atoms with Crippen LogP contribution in [0.15, 0.2) is 12.3 Å². The summed E-state index contributed by atoms with van der Waals surface area (Å²) in [6, 6.07) is 0.887. The maximum absolute atomic E-state index is 4.02. The van der Waals surface area contributed by atoms with Crippen LogP contribution >= 0.6 is 0 Å². The summed E-state index contributed by atoms with van der Waals surface area (Å²) < 4.78 is 0. The van der Waals surface area contributed by atoms with Crippen molar-refractivity contribution in [3.63, 3.8) is 0 Å². The monoisotopic (exact) mass is 123 g/mol. The lowest BCUT2D eigenvalue weighted by Crippen LogP contribution is -2.19. The highest BCUT2D eigenvalue weighted by Gasteiger charge is 2.30. The third-order valence-corrected chi connectivity index (χ3v) is 2.55. The quantitative estimate of drug-likeness (QED) is 0.474. The molecule has 0 aliphatic carbocycles. The Labute approximate surface area is 56.4 Å². The van der Waals surface area contributed by atoms with E-state index in [-0.39, 0.29) is 0 Å². The van der Waals surface area contributed by atoms with Gasteiger partial charge in [0.05, 0.1) is 0 Å². The summed E-state index contributed by atoms with van der Waals surface area (Å²) in [5.74, 6) is 0. The first-order valence-electron chi connectivity index (χ1n) is 3.82. The molecule has 1 nitrogen and oxygen atoms in total. The summed E-state index contributed by atoms with van der Waals surface area (Å²) in [6.45, 7) is 5.30. The molecular weight excluding hydrogens is 110 g/mol. The number of allylic oxidation sites excluding steroid dienone is 1. The molecule has 1 atom stereocenters. The lowest BCUT2D eigenvalue weighted by molar-refractivity contribution is 0.373. The van der Waals surface area contributed by atoms with Crippen LogP contribution in [-0.4, -0.2) is 17.5 Å². The zero-order chi connectivity index (χ0) is 6.27. The van der Waals surface area contributed by atoms with Crippen LogP contribution in [0.5, 0.6) is 0 Å². The summed E-state index contributed by atoms with van der Waals surface area (Å²) in [5.41, 5.74) is 1.39. The number of rotatable bonds is 0. The van der Waals surface area contributed by atoms with Gasteiger partial charge in [-0.25, -0.2) is 0 Å². The van der Waals surface area contributed by atoms with Gasteiger partial charge in [-0.3, -0.25) is 0 Å². The van der Waals surface area contributed by atoms with Gasteiger partial charge < -0.3 is 4.90 Å². The molecule has 0 bridgehead atoms. The largest absolute Gasteiger partial charge is 0.372 e. The normalized spacial score (nSPS) is 33.6. The van der Waals surface area contributed by atoms with Crippen molar-refractivity contribution in [1.82, 2.24) is 4.90 Å². The van der Waals surface area contributed by atoms with Crippen molar-refractivity contribution >= 4 is 0 Å². The maximum Gasteiger partial charge on any atom is 0.0291 e. The molecule has 1 unspecified atom stereocenters. The van der Waals surface area contributed by atoms with Crippen LogP contribution in [0.25, 0.3) is 0 Å². The highest BCUT2D eigenvalue weighted by Crippen LogP contribution is 2.33. The Morgan fingerprint density at radius 2 is 2.33 bits per heavy atom. The van der Waals surface area contributed by atoms with E-state index < -0.39 is 0 Å². The average Bonchev–Trinajstić information content (AvgIpc) is 2.35. The Balaban J connectivity index is 2.15. The Kier molecular flexibility index (Phi) is 1.04. The Morgan fingerprint density at radius 3 is 3.11 bits per heavy atom. The van der Waals surface area contributed by atoms with Crippen molar-refractivity contribution in [3.8, 4) is 0 Å². The molecule has 0 spiro atoms. The average molecular weight is 123 g/mol. The van der Waals surface area contributed by atoms with Gasteiger partial charge in [-0.2, -0.15) is 0 Å². The van der Waals surface area contributed by atoms with Crippen LogP contribution in [0.4, 0.5) is 0 Å². The molecule has 50 valence electrons. The van der Waals surface area contributed by atoms with Gasteiger partial charge in [-0.05, 0) is 25.7 Å². The van der Waals surface area contributed by atoms with E-state index in [0.717, 1.165) is 6.04 Å². The van der Waals surface area contributed by atoms with Crippen LogP contribution in [0.3, 0.4) is 0 Å². The summed E-state index contributed by atoms with van der Waals surface area (Å²) in [4.78, 5) is 2.49. The molecule has 2 saturated heterocycles. The lowest BCUT2D eigenvalue weighted by Gasteiger charge is -2.17. The molecule has 0 aromatic carbocycles. The van der Waals surface area contributed by atoms with Crippen LogP contribution in [0, 0.1) is 0 Å². The van der Waals surface area contributed by atoms with Crippen LogP contribution < -0.4 is 0 Å². The van der Waals surface area contributed by atoms with Gasteiger partial charge >= 0.3 is 0 Å². The highest BCUT2D eigenvalue weighted by atomic mass is 15.2. The van der Waals surface area contributed by atoms with Crippen molar-refractivity contribution in [2.24, 2.45) is 0 Å². The van der Waals surface area contributed by atoms with Crippen molar-refractivity contribution in [3.05, 3.63) is 12.3 Å². The fourth-order valence-corrected chi connectivity index (χ4v) is 2.03. The van der Waals surface area contributed by atoms with Gasteiger partial charge in [0.25, 0.3) is 0 Å². The van der Waals surface area contributed by atoms with E-state index in [0.29, 0.717) is 0 Å². The first-order chi connectivity index (χ1) is 4.38. The van der Waals surface area contributed by atoms with Crippen molar-refractivity contribution in [2.45, 2.75) is 31.7 Å². The molecule has 2 rings (SSSR count). The molecule has 0 amide bonds. The van der Waals surface area contributed by atoms with Gasteiger partial charge in [-0.1, -0.05) is 6.58 Å². The fourth-order valence-electron chi connectivity index (χ4n) is 2.03. The van der Waals surface area contributed by atoms with E-state index in [1.54, 1.807) is 0 Å². The molecule has 2 heterocycles. The summed E-state index contributed by atoms with van der Waals surface area (Å²) in [6.07, 6.45) is 5.44. The minimum atomic E-state index is 0.887. The molecule has 1 heteroatoms. The molecule has 0 radical (unpaired) electrons. The number of hydrogen-bond donors (Lipinski definition) is 0. The topological polar surface area (TPSA) is 3.24 Å². The van der Waals surface area contributed by atoms with Gasteiger partial charge in [0.2, 0.25) is 0 Å². The zero-order valence-corrected chi connectivity index (χ0v) is 5.77. The van der Waals surface area contributed by atoms with Crippen molar-refractivity contribution in [1.29, 1.82) is 0 Å². The second-order valence-corrected chi connectivity index (χ2v) is 3.09. The van der Waals surface area contributed by atoms with E-state index in [1.807, 2.05) is 0 Å². The third kappa shape index (κ3) is 0.673. The van der Waals surface area contributed by atoms with E-state index in [2.05, 4.69) is 11.5 Å². The molecule has 2 aliphatic rings. The fraction of sp³-hybridized carbons (Fsp3) is 0.750. The van der Waals surface area contributed by atoms with Crippen LogP contribution in [0.1, 0.15) is 25.7 Å². The second kappa shape index (κ2) is 1.76. The van der Waals surface area contributed by atoms with E-state index in [4.69, 9.17) is 0 Å². The van der Waals surface area contributed by atoms with Crippen molar-refractivity contribution < 1.29 is 0 Å². The number of hydrogen-bond acceptors (Lipinski definition) is 1. The SMILES string of the molecule is C=C1CCC2CCCN12. The number of fused-ring (bicyclic) bond motifs is 1. The maximum atomic E-state index is 4.02. The minimum Gasteiger partial charge on any atom is -0.372 e. The van der Waals surface area contributed by atoms with Gasteiger partial charge in [0.15, 0.2) is 0 Å². The van der Waals surface area contributed by atoms with Gasteiger partial charge in [-0.15, -0.1) is 0 Å². The predicted molar refractivity (Wildman–Crippen MR) is 38.1 cm³/mol. The smallest absolute Gasteiger partial charge is 0.0291 e. The molecule has 0 saturated carbocycles. The standard InChI is InChI=1S/C8H13N/c1-7-4-5-8-3-2-6-9(7)8/h8H,1-6H2. The van der Waals surface area contributed by atoms with E-state index >= 15 is 0 Å². The first kappa shape index (κ1) is 5.33. The Morgan fingerprint density at radius 1 is 1.44 bits per heavy atom.